The number of benzene rings is 1. The standard InChI is InChI=1S/C22H22FNO5/c1-12-3-8-15-18(20(2)17(25)9-10-22(12,20)27)28-19(26)21(15)11-16(24-29-21)13-4-6-14(23)7-5-13/h4-7,9-10,12,15,18,27H,3,8,11H2,1-2H3/t12-,15+,18+,20-,21?,22+/m0/s1. The van der Waals surface area contributed by atoms with E-state index in [-0.39, 0.29) is 23.9 Å². The smallest absolute Gasteiger partial charge is 0.354 e. The number of carbonyl (C=O) groups is 2. The molecule has 0 aromatic heterocycles. The third-order valence-electron chi connectivity index (χ3n) is 7.53. The van der Waals surface area contributed by atoms with Gasteiger partial charge in [0.1, 0.15) is 22.9 Å². The SMILES string of the molecule is C[C@H]1CC[C@@H]2[C@@H](OC(=O)C23CC(c2ccc(F)cc2)=NO3)[C@]2(C)C(=O)C=C[C@@]12O. The zero-order valence-corrected chi connectivity index (χ0v) is 16.2. The lowest BCUT2D eigenvalue weighted by Crippen LogP contribution is -2.57. The Bertz CT molecular complexity index is 972. The van der Waals surface area contributed by atoms with E-state index in [1.807, 2.05) is 6.92 Å². The number of fused-ring (bicyclic) bond motifs is 4. The van der Waals surface area contributed by atoms with E-state index in [1.165, 1.54) is 18.2 Å². The summed E-state index contributed by atoms with van der Waals surface area (Å²) >= 11 is 0. The molecule has 5 rings (SSSR count). The highest BCUT2D eigenvalue weighted by atomic mass is 19.1. The molecule has 152 valence electrons. The average Bonchev–Trinajstić information content (AvgIpc) is 3.32. The maximum absolute atomic E-state index is 13.3. The van der Waals surface area contributed by atoms with Crippen LogP contribution in [0.2, 0.25) is 0 Å². The van der Waals surface area contributed by atoms with Crippen LogP contribution in [0.5, 0.6) is 0 Å². The normalized spacial score (nSPS) is 42.9. The Morgan fingerprint density at radius 3 is 2.66 bits per heavy atom. The number of hydrogen-bond acceptors (Lipinski definition) is 6. The molecule has 0 radical (unpaired) electrons. The summed E-state index contributed by atoms with van der Waals surface area (Å²) in [5, 5.41) is 15.5. The zero-order valence-electron chi connectivity index (χ0n) is 16.2. The van der Waals surface area contributed by atoms with Gasteiger partial charge in [-0.3, -0.25) is 4.79 Å². The van der Waals surface area contributed by atoms with E-state index in [0.29, 0.717) is 24.1 Å². The number of esters is 1. The number of halogens is 1. The molecule has 2 fully saturated rings. The number of aliphatic hydroxyl groups is 1. The molecule has 1 aromatic rings. The zero-order chi connectivity index (χ0) is 20.6. The first-order valence-electron chi connectivity index (χ1n) is 9.90. The highest BCUT2D eigenvalue weighted by Gasteiger charge is 2.73. The second kappa shape index (κ2) is 5.75. The summed E-state index contributed by atoms with van der Waals surface area (Å²) in [7, 11) is 0. The van der Waals surface area contributed by atoms with Gasteiger partial charge in [0.15, 0.2) is 5.78 Å². The molecule has 2 aliphatic heterocycles. The van der Waals surface area contributed by atoms with Crippen LogP contribution in [0.15, 0.2) is 41.6 Å². The fourth-order valence-electron chi connectivity index (χ4n) is 5.59. The molecule has 0 amide bonds. The second-order valence-electron chi connectivity index (χ2n) is 8.84. The Hall–Kier alpha value is -2.54. The number of nitrogens with zero attached hydrogens (tertiary/aromatic N) is 1. The number of ketones is 1. The molecular formula is C22H22FNO5. The molecule has 6 nitrogen and oxygen atoms in total. The minimum Gasteiger partial charge on any atom is -0.458 e. The van der Waals surface area contributed by atoms with E-state index in [2.05, 4.69) is 5.16 Å². The van der Waals surface area contributed by atoms with Gasteiger partial charge in [-0.15, -0.1) is 0 Å². The highest BCUT2D eigenvalue weighted by molar-refractivity contribution is 6.06. The Morgan fingerprint density at radius 2 is 1.93 bits per heavy atom. The van der Waals surface area contributed by atoms with Gasteiger partial charge in [-0.2, -0.15) is 0 Å². The van der Waals surface area contributed by atoms with Crippen LogP contribution < -0.4 is 0 Å². The van der Waals surface area contributed by atoms with Gasteiger partial charge in [-0.25, -0.2) is 9.18 Å². The second-order valence-corrected chi connectivity index (χ2v) is 8.84. The summed E-state index contributed by atoms with van der Waals surface area (Å²) in [5.74, 6) is -1.78. The number of ether oxygens (including phenoxy) is 1. The van der Waals surface area contributed by atoms with Crippen LogP contribution in [-0.2, 0) is 19.2 Å². The number of hydrogen-bond donors (Lipinski definition) is 1. The van der Waals surface area contributed by atoms with Gasteiger partial charge in [0, 0.05) is 6.42 Å². The maximum Gasteiger partial charge on any atom is 0.354 e. The van der Waals surface area contributed by atoms with Gasteiger partial charge in [-0.05, 0) is 55.5 Å². The minimum atomic E-state index is -1.38. The molecule has 6 atom stereocenters. The van der Waals surface area contributed by atoms with Crippen molar-refractivity contribution in [2.75, 3.05) is 0 Å². The van der Waals surface area contributed by atoms with Crippen LogP contribution in [0.25, 0.3) is 0 Å². The van der Waals surface area contributed by atoms with Gasteiger partial charge in [0.25, 0.3) is 0 Å². The fourth-order valence-corrected chi connectivity index (χ4v) is 5.59. The van der Waals surface area contributed by atoms with Crippen LogP contribution in [0.3, 0.4) is 0 Å². The molecule has 1 N–H and O–H groups in total. The van der Waals surface area contributed by atoms with Crippen molar-refractivity contribution < 1.29 is 28.7 Å². The first-order valence-corrected chi connectivity index (χ1v) is 9.90. The lowest BCUT2D eigenvalue weighted by atomic mass is 9.63. The van der Waals surface area contributed by atoms with Crippen molar-refractivity contribution in [1.29, 1.82) is 0 Å². The van der Waals surface area contributed by atoms with E-state index in [1.54, 1.807) is 25.1 Å². The monoisotopic (exact) mass is 399 g/mol. The number of allylic oxidation sites excluding steroid dienone is 1. The minimum absolute atomic E-state index is 0.184. The third kappa shape index (κ3) is 2.16. The Balaban J connectivity index is 1.53. The van der Waals surface area contributed by atoms with Crippen molar-refractivity contribution in [1.82, 2.24) is 0 Å². The first-order chi connectivity index (χ1) is 13.7. The van der Waals surface area contributed by atoms with E-state index < -0.39 is 34.6 Å². The fraction of sp³-hybridized carbons (Fsp3) is 0.500. The molecule has 1 saturated heterocycles. The summed E-state index contributed by atoms with van der Waals surface area (Å²) in [4.78, 5) is 31.6. The molecule has 1 saturated carbocycles. The van der Waals surface area contributed by atoms with Crippen molar-refractivity contribution in [3.8, 4) is 0 Å². The lowest BCUT2D eigenvalue weighted by Gasteiger charge is -2.43. The van der Waals surface area contributed by atoms with Crippen LogP contribution in [0.4, 0.5) is 4.39 Å². The van der Waals surface area contributed by atoms with E-state index in [4.69, 9.17) is 9.57 Å². The Labute approximate surface area is 167 Å². The van der Waals surface area contributed by atoms with E-state index >= 15 is 0 Å². The topological polar surface area (TPSA) is 85.2 Å². The summed E-state index contributed by atoms with van der Waals surface area (Å²) in [5.41, 5.74) is -2.77. The van der Waals surface area contributed by atoms with Gasteiger partial charge < -0.3 is 14.7 Å². The van der Waals surface area contributed by atoms with Crippen LogP contribution >= 0.6 is 0 Å². The molecule has 2 heterocycles. The molecule has 1 unspecified atom stereocenters. The van der Waals surface area contributed by atoms with Gasteiger partial charge in [0.2, 0.25) is 5.60 Å². The third-order valence-corrected chi connectivity index (χ3v) is 7.53. The van der Waals surface area contributed by atoms with Crippen LogP contribution in [-0.4, -0.2) is 39.9 Å². The van der Waals surface area contributed by atoms with Gasteiger partial charge in [0.05, 0.1) is 11.6 Å². The molecule has 1 spiro atoms. The van der Waals surface area contributed by atoms with Crippen molar-refractivity contribution in [2.24, 2.45) is 22.4 Å². The quantitative estimate of drug-likeness (QED) is 0.734. The van der Waals surface area contributed by atoms with Crippen LogP contribution in [0.1, 0.15) is 38.7 Å². The van der Waals surface area contributed by atoms with Crippen molar-refractivity contribution >= 4 is 17.5 Å². The number of oxime groups is 1. The van der Waals surface area contributed by atoms with E-state index in [9.17, 15) is 19.1 Å². The molecule has 0 bridgehead atoms. The largest absolute Gasteiger partial charge is 0.458 e. The highest BCUT2D eigenvalue weighted by Crippen LogP contribution is 2.59. The Morgan fingerprint density at radius 1 is 1.21 bits per heavy atom. The average molecular weight is 399 g/mol. The predicted molar refractivity (Wildman–Crippen MR) is 100 cm³/mol. The van der Waals surface area contributed by atoms with E-state index in [0.717, 1.165) is 0 Å². The molecule has 1 aromatic carbocycles. The molecular weight excluding hydrogens is 377 g/mol. The maximum atomic E-state index is 13.3. The molecule has 7 heteroatoms. The van der Waals surface area contributed by atoms with Crippen molar-refractivity contribution in [2.45, 2.75) is 50.4 Å². The molecule has 29 heavy (non-hydrogen) atoms. The number of carbonyl (C=O) groups excluding carboxylic acids is 2. The van der Waals surface area contributed by atoms with Crippen molar-refractivity contribution in [3.63, 3.8) is 0 Å². The summed E-state index contributed by atoms with van der Waals surface area (Å²) in [6.45, 7) is 3.59. The van der Waals surface area contributed by atoms with Gasteiger partial charge >= 0.3 is 5.97 Å². The molecule has 2 aliphatic carbocycles. The Kier molecular flexibility index (Phi) is 3.67. The van der Waals surface area contributed by atoms with Crippen LogP contribution in [0, 0.1) is 23.1 Å². The lowest BCUT2D eigenvalue weighted by molar-refractivity contribution is -0.169. The predicted octanol–water partition coefficient (Wildman–Crippen LogP) is 2.54. The molecule has 4 aliphatic rings. The first kappa shape index (κ1) is 18.5. The summed E-state index contributed by atoms with van der Waals surface area (Å²) in [6.07, 6.45) is 3.49. The number of rotatable bonds is 1. The van der Waals surface area contributed by atoms with Crippen molar-refractivity contribution in [3.05, 3.63) is 47.8 Å². The summed E-state index contributed by atoms with van der Waals surface area (Å²) < 4.78 is 19.0. The van der Waals surface area contributed by atoms with Gasteiger partial charge in [-0.1, -0.05) is 24.2 Å². The summed E-state index contributed by atoms with van der Waals surface area (Å²) in [6, 6.07) is 5.84.